The van der Waals surface area contributed by atoms with E-state index in [1.165, 1.54) is 7.05 Å². The molecule has 1 N–H and O–H groups in total. The van der Waals surface area contributed by atoms with Crippen molar-refractivity contribution in [3.8, 4) is 0 Å². The van der Waals surface area contributed by atoms with E-state index in [9.17, 15) is 18.0 Å². The molecule has 1 saturated heterocycles. The van der Waals surface area contributed by atoms with Crippen molar-refractivity contribution in [1.29, 1.82) is 0 Å². The molecule has 1 aliphatic rings. The van der Waals surface area contributed by atoms with E-state index in [-0.39, 0.29) is 12.6 Å². The fourth-order valence-electron chi connectivity index (χ4n) is 2.43. The van der Waals surface area contributed by atoms with E-state index in [1.54, 1.807) is 25.7 Å². The molecule has 0 aromatic carbocycles. The Morgan fingerprint density at radius 3 is 2.07 bits per heavy atom. The molecule has 0 radical (unpaired) electrons. The second kappa shape index (κ2) is 8.64. The van der Waals surface area contributed by atoms with Crippen molar-refractivity contribution in [3.05, 3.63) is 0 Å². The topological polar surface area (TPSA) is 105 Å². The van der Waals surface area contributed by atoms with Crippen molar-refractivity contribution >= 4 is 22.4 Å². The first-order chi connectivity index (χ1) is 12.1. The van der Waals surface area contributed by atoms with Gasteiger partial charge in [0.25, 0.3) is 0 Å². The SMILES string of the molecule is CN(CCCC1CN(C(=O)OC(C)(C)C)C1)S(=O)(=O)NC(=O)OC(C)(C)C. The van der Waals surface area contributed by atoms with Gasteiger partial charge in [-0.3, -0.25) is 0 Å². The molecule has 1 aliphatic heterocycles. The van der Waals surface area contributed by atoms with Crippen LogP contribution in [0.3, 0.4) is 0 Å². The maximum atomic E-state index is 12.1. The van der Waals surface area contributed by atoms with Gasteiger partial charge in [0.1, 0.15) is 11.2 Å². The first-order valence-corrected chi connectivity index (χ1v) is 10.5. The maximum absolute atomic E-state index is 12.1. The van der Waals surface area contributed by atoms with Crippen LogP contribution < -0.4 is 4.72 Å². The van der Waals surface area contributed by atoms with Crippen molar-refractivity contribution in [2.45, 2.75) is 65.6 Å². The summed E-state index contributed by atoms with van der Waals surface area (Å²) in [6.45, 7) is 11.9. The Kier molecular flexibility index (Phi) is 7.52. The van der Waals surface area contributed by atoms with E-state index in [0.29, 0.717) is 25.4 Å². The van der Waals surface area contributed by atoms with E-state index < -0.39 is 27.5 Å². The normalized spacial score (nSPS) is 16.1. The summed E-state index contributed by atoms with van der Waals surface area (Å²) in [6, 6.07) is 0. The average Bonchev–Trinajstić information content (AvgIpc) is 2.35. The Hall–Kier alpha value is -1.55. The minimum Gasteiger partial charge on any atom is -0.444 e. The number of hydrogen-bond donors (Lipinski definition) is 1. The molecule has 27 heavy (non-hydrogen) atoms. The molecule has 1 fully saturated rings. The number of rotatable bonds is 6. The zero-order valence-electron chi connectivity index (χ0n) is 17.4. The lowest BCUT2D eigenvalue weighted by Gasteiger charge is -2.40. The standard InChI is InChI=1S/C17H33N3O6S/c1-16(2,3)25-14(21)18-27(23,24)19(7)10-8-9-13-11-20(12-13)15(22)26-17(4,5)6/h13H,8-12H2,1-7H3,(H,18,21). The van der Waals surface area contributed by atoms with Crippen LogP contribution in [0.25, 0.3) is 0 Å². The van der Waals surface area contributed by atoms with Crippen molar-refractivity contribution in [2.24, 2.45) is 5.92 Å². The third kappa shape index (κ3) is 8.79. The lowest BCUT2D eigenvalue weighted by atomic mass is 9.95. The monoisotopic (exact) mass is 407 g/mol. The lowest BCUT2D eigenvalue weighted by molar-refractivity contribution is -0.00243. The van der Waals surface area contributed by atoms with E-state index in [0.717, 1.165) is 10.7 Å². The van der Waals surface area contributed by atoms with Gasteiger partial charge in [-0.2, -0.15) is 12.7 Å². The molecular formula is C17H33N3O6S. The highest BCUT2D eigenvalue weighted by Crippen LogP contribution is 2.23. The molecule has 0 unspecified atom stereocenters. The largest absolute Gasteiger partial charge is 0.444 e. The summed E-state index contributed by atoms with van der Waals surface area (Å²) >= 11 is 0. The Morgan fingerprint density at radius 2 is 1.59 bits per heavy atom. The molecule has 9 nitrogen and oxygen atoms in total. The smallest absolute Gasteiger partial charge is 0.422 e. The van der Waals surface area contributed by atoms with Crippen molar-refractivity contribution < 1.29 is 27.5 Å². The van der Waals surface area contributed by atoms with Crippen LogP contribution in [0.1, 0.15) is 54.4 Å². The highest BCUT2D eigenvalue weighted by Gasteiger charge is 2.33. The predicted octanol–water partition coefficient (Wildman–Crippen LogP) is 2.33. The van der Waals surface area contributed by atoms with Crippen LogP contribution in [-0.4, -0.2) is 67.7 Å². The molecule has 0 aromatic rings. The Labute approximate surface area is 162 Å². The van der Waals surface area contributed by atoms with Gasteiger partial charge in [-0.15, -0.1) is 0 Å². The molecule has 0 aliphatic carbocycles. The Balaban J connectivity index is 2.30. The number of carbonyl (C=O) groups excluding carboxylic acids is 2. The third-order valence-corrected chi connectivity index (χ3v) is 5.14. The zero-order valence-corrected chi connectivity index (χ0v) is 18.2. The highest BCUT2D eigenvalue weighted by molar-refractivity contribution is 7.87. The van der Waals surface area contributed by atoms with Crippen LogP contribution in [0.4, 0.5) is 9.59 Å². The number of nitrogens with one attached hydrogen (secondary N) is 1. The van der Waals surface area contributed by atoms with E-state index in [2.05, 4.69) is 0 Å². The maximum Gasteiger partial charge on any atom is 0.422 e. The number of carbonyl (C=O) groups is 2. The highest BCUT2D eigenvalue weighted by atomic mass is 32.2. The van der Waals surface area contributed by atoms with Gasteiger partial charge in [-0.05, 0) is 60.3 Å². The second-order valence-electron chi connectivity index (χ2n) is 8.82. The van der Waals surface area contributed by atoms with E-state index >= 15 is 0 Å². The van der Waals surface area contributed by atoms with E-state index in [1.807, 2.05) is 25.5 Å². The molecule has 2 amide bonds. The quantitative estimate of drug-likeness (QED) is 0.724. The molecule has 0 atom stereocenters. The summed E-state index contributed by atoms with van der Waals surface area (Å²) in [7, 11) is -2.54. The van der Waals surface area contributed by atoms with Crippen LogP contribution >= 0.6 is 0 Å². The first kappa shape index (κ1) is 23.5. The number of hydrogen-bond acceptors (Lipinski definition) is 6. The summed E-state index contributed by atoms with van der Waals surface area (Å²) in [5, 5.41) is 0. The molecule has 1 heterocycles. The molecule has 158 valence electrons. The van der Waals surface area contributed by atoms with Gasteiger partial charge in [0.05, 0.1) is 0 Å². The van der Waals surface area contributed by atoms with Crippen LogP contribution in [0.5, 0.6) is 0 Å². The van der Waals surface area contributed by atoms with Crippen LogP contribution in [-0.2, 0) is 19.7 Å². The van der Waals surface area contributed by atoms with Gasteiger partial charge >= 0.3 is 22.4 Å². The fourth-order valence-corrected chi connectivity index (χ4v) is 3.21. The van der Waals surface area contributed by atoms with Crippen molar-refractivity contribution in [2.75, 3.05) is 26.7 Å². The minimum absolute atomic E-state index is 0.265. The van der Waals surface area contributed by atoms with Gasteiger partial charge in [0, 0.05) is 26.7 Å². The van der Waals surface area contributed by atoms with Crippen LogP contribution in [0.2, 0.25) is 0 Å². The second-order valence-corrected chi connectivity index (χ2v) is 10.6. The fraction of sp³-hybridized carbons (Fsp3) is 0.882. The predicted molar refractivity (Wildman–Crippen MR) is 101 cm³/mol. The van der Waals surface area contributed by atoms with Gasteiger partial charge < -0.3 is 14.4 Å². The average molecular weight is 408 g/mol. The number of likely N-dealkylation sites (tertiary alicyclic amines) is 1. The molecule has 0 saturated carbocycles. The summed E-state index contributed by atoms with van der Waals surface area (Å²) in [6.07, 6.45) is 0.0887. The lowest BCUT2D eigenvalue weighted by Crippen LogP contribution is -2.51. The van der Waals surface area contributed by atoms with Crippen LogP contribution in [0, 0.1) is 5.92 Å². The third-order valence-electron chi connectivity index (χ3n) is 3.72. The molecule has 0 aromatic heterocycles. The summed E-state index contributed by atoms with van der Waals surface area (Å²) < 4.78 is 37.4. The van der Waals surface area contributed by atoms with Crippen LogP contribution in [0.15, 0.2) is 0 Å². The number of nitrogens with zero attached hydrogens (tertiary/aromatic N) is 2. The minimum atomic E-state index is -3.94. The molecule has 0 spiro atoms. The molecule has 0 bridgehead atoms. The Bertz CT molecular complexity index is 630. The molecular weight excluding hydrogens is 374 g/mol. The van der Waals surface area contributed by atoms with Gasteiger partial charge in [-0.1, -0.05) is 0 Å². The van der Waals surface area contributed by atoms with Crippen molar-refractivity contribution in [3.63, 3.8) is 0 Å². The zero-order chi connectivity index (χ0) is 21.0. The van der Waals surface area contributed by atoms with Gasteiger partial charge in [-0.25, -0.2) is 14.3 Å². The number of ether oxygens (including phenoxy) is 2. The summed E-state index contributed by atoms with van der Waals surface area (Å²) in [5.74, 6) is 0.326. The summed E-state index contributed by atoms with van der Waals surface area (Å²) in [5.41, 5.74) is -1.29. The first-order valence-electron chi connectivity index (χ1n) is 9.04. The summed E-state index contributed by atoms with van der Waals surface area (Å²) in [4.78, 5) is 25.1. The van der Waals surface area contributed by atoms with E-state index in [4.69, 9.17) is 9.47 Å². The van der Waals surface area contributed by atoms with Crippen molar-refractivity contribution in [1.82, 2.24) is 13.9 Å². The molecule has 10 heteroatoms. The van der Waals surface area contributed by atoms with Gasteiger partial charge in [0.2, 0.25) is 0 Å². The molecule has 1 rings (SSSR count). The Morgan fingerprint density at radius 1 is 1.07 bits per heavy atom. The van der Waals surface area contributed by atoms with Gasteiger partial charge in [0.15, 0.2) is 0 Å². The number of amides is 2.